The predicted molar refractivity (Wildman–Crippen MR) is 182 cm³/mol. The smallest absolute Gasteiger partial charge is 0.410 e. The number of rotatable bonds is 3. The number of amides is 2. The molecule has 0 unspecified atom stereocenters. The van der Waals surface area contributed by atoms with E-state index in [1.54, 1.807) is 57.5 Å². The van der Waals surface area contributed by atoms with Crippen LogP contribution in [-0.2, 0) is 9.47 Å². The molecule has 0 saturated carbocycles. The summed E-state index contributed by atoms with van der Waals surface area (Å²) < 4.78 is 10.4. The first-order chi connectivity index (χ1) is 21.9. The fraction of sp³-hybridized carbons (Fsp3) is 0.500. The zero-order valence-corrected chi connectivity index (χ0v) is 29.0. The number of ether oxygens (including phenoxy) is 2. The third-order valence-corrected chi connectivity index (χ3v) is 8.44. The van der Waals surface area contributed by atoms with E-state index in [-0.39, 0.29) is 23.4 Å². The van der Waals surface area contributed by atoms with Gasteiger partial charge in [-0.3, -0.25) is 0 Å². The number of carbonyl (C=O) groups is 2. The van der Waals surface area contributed by atoms with E-state index in [2.05, 4.69) is 42.8 Å². The highest BCUT2D eigenvalue weighted by molar-refractivity contribution is 7.24. The highest BCUT2D eigenvalue weighted by atomic mass is 32.1. The molecule has 4 aromatic rings. The van der Waals surface area contributed by atoms with Crippen molar-refractivity contribution in [1.82, 2.24) is 39.7 Å². The predicted octanol–water partition coefficient (Wildman–Crippen LogP) is 7.33. The maximum absolute atomic E-state index is 11.4. The lowest BCUT2D eigenvalue weighted by Crippen LogP contribution is -2.34. The van der Waals surface area contributed by atoms with Crippen LogP contribution < -0.4 is 0 Å². The van der Waals surface area contributed by atoms with Gasteiger partial charge in [0.1, 0.15) is 11.2 Å². The van der Waals surface area contributed by atoms with Crippen molar-refractivity contribution in [3.8, 4) is 44.0 Å². The molecule has 0 spiro atoms. The Morgan fingerprint density at radius 1 is 0.674 bits per heavy atom. The number of nitrogens with one attached hydrogen (secondary N) is 2. The van der Waals surface area contributed by atoms with Crippen molar-refractivity contribution in [3.05, 3.63) is 37.4 Å². The molecule has 2 aliphatic heterocycles. The van der Waals surface area contributed by atoms with Crippen LogP contribution in [0.1, 0.15) is 67.2 Å². The van der Waals surface area contributed by atoms with Crippen molar-refractivity contribution in [3.63, 3.8) is 0 Å². The van der Waals surface area contributed by atoms with Gasteiger partial charge in [0, 0.05) is 38.6 Å². The summed E-state index contributed by atoms with van der Waals surface area (Å²) in [5, 5.41) is 1.82. The number of thiazole rings is 2. The van der Waals surface area contributed by atoms with E-state index in [4.69, 9.17) is 9.47 Å². The molecule has 46 heavy (non-hydrogen) atoms. The normalized spacial score (nSPS) is 14.3. The molecule has 2 fully saturated rings. The Kier molecular flexibility index (Phi) is 13.3. The summed E-state index contributed by atoms with van der Waals surface area (Å²) in [7, 11) is 0. The van der Waals surface area contributed by atoms with Gasteiger partial charge >= 0.3 is 12.2 Å². The van der Waals surface area contributed by atoms with Gasteiger partial charge in [0.05, 0.1) is 46.2 Å². The molecule has 12 nitrogen and oxygen atoms in total. The Labute approximate surface area is 279 Å². The van der Waals surface area contributed by atoms with E-state index in [0.29, 0.717) is 0 Å². The second-order valence-corrected chi connectivity index (χ2v) is 14.4. The minimum Gasteiger partial charge on any atom is -0.444 e. The molecule has 0 aliphatic carbocycles. The Balaban J connectivity index is 0.000000194. The van der Waals surface area contributed by atoms with Gasteiger partial charge in [-0.15, -0.1) is 35.5 Å². The van der Waals surface area contributed by atoms with Crippen molar-refractivity contribution in [2.45, 2.75) is 78.4 Å². The molecule has 2 amide bonds. The molecule has 0 aromatic carbocycles. The molecule has 2 N–H and O–H groups in total. The second-order valence-electron chi connectivity index (χ2n) is 12.3. The van der Waals surface area contributed by atoms with Crippen LogP contribution in [0.25, 0.3) is 31.2 Å². The van der Waals surface area contributed by atoms with Crippen LogP contribution in [-0.4, -0.2) is 89.3 Å². The number of H-pyrrole nitrogens is 2. The van der Waals surface area contributed by atoms with Crippen LogP contribution in [0.2, 0.25) is 0 Å². The minimum atomic E-state index is -0.361. The topological polar surface area (TPSA) is 142 Å². The van der Waals surface area contributed by atoms with Gasteiger partial charge in [-0.2, -0.15) is 0 Å². The van der Waals surface area contributed by atoms with Crippen molar-refractivity contribution in [1.29, 1.82) is 0 Å². The van der Waals surface area contributed by atoms with E-state index in [0.717, 1.165) is 83.0 Å². The second kappa shape index (κ2) is 16.9. The van der Waals surface area contributed by atoms with E-state index < -0.39 is 0 Å². The van der Waals surface area contributed by atoms with Crippen LogP contribution in [0.4, 0.5) is 9.59 Å². The lowest BCUT2D eigenvalue weighted by Gasteiger charge is -2.23. The van der Waals surface area contributed by atoms with Gasteiger partial charge in [-0.1, -0.05) is 0 Å². The number of aromatic nitrogens is 6. The van der Waals surface area contributed by atoms with Crippen molar-refractivity contribution < 1.29 is 19.1 Å². The summed E-state index contributed by atoms with van der Waals surface area (Å²) in [5.74, 6) is 0. The molecule has 248 valence electrons. The van der Waals surface area contributed by atoms with Gasteiger partial charge in [0.15, 0.2) is 10.0 Å². The molecule has 2 saturated heterocycles. The molecule has 0 bridgehead atoms. The maximum Gasteiger partial charge on any atom is 0.410 e. The van der Waals surface area contributed by atoms with Crippen LogP contribution in [0.15, 0.2) is 37.4 Å². The number of carbonyl (C=O) groups excluding carboxylic acids is 2. The average Bonchev–Trinajstić information content (AvgIpc) is 3.87. The van der Waals surface area contributed by atoms with Gasteiger partial charge in [0.25, 0.3) is 0 Å². The standard InChI is InChI=1S/C12H8N6S2.2C9H17NO2.C2H2/c1-7(17-5-13-1)9-3-15-11(19-9)12-16-4-10(20-12)8-2-14-6-18-8;2*1-9(2,3)12-8(11)10-6-4-5-7-10;1-2/h1-6H,(H,13,17)(H,14,18);2*4-7H2,1-3H3;1-2H. The van der Waals surface area contributed by atoms with Crippen molar-refractivity contribution in [2.24, 2.45) is 0 Å². The lowest BCUT2D eigenvalue weighted by molar-refractivity contribution is 0.0284. The number of hydrogen-bond donors (Lipinski definition) is 2. The number of nitrogens with zero attached hydrogens (tertiary/aromatic N) is 6. The Morgan fingerprint density at radius 2 is 1.02 bits per heavy atom. The third-order valence-electron chi connectivity index (χ3n) is 6.24. The summed E-state index contributed by atoms with van der Waals surface area (Å²) in [6.45, 7) is 14.8. The summed E-state index contributed by atoms with van der Waals surface area (Å²) >= 11 is 3.19. The van der Waals surface area contributed by atoms with Gasteiger partial charge < -0.3 is 29.2 Å². The molecular formula is C32H44N8O4S2. The molecule has 0 atom stereocenters. The summed E-state index contributed by atoms with van der Waals surface area (Å²) in [6.07, 6.45) is 22.7. The number of aromatic amines is 2. The van der Waals surface area contributed by atoms with E-state index in [1.165, 1.54) is 0 Å². The first-order valence-electron chi connectivity index (χ1n) is 15.1. The number of hydrogen-bond acceptors (Lipinski definition) is 10. The lowest BCUT2D eigenvalue weighted by atomic mass is 10.2. The zero-order valence-electron chi connectivity index (χ0n) is 27.4. The van der Waals surface area contributed by atoms with Crippen molar-refractivity contribution >= 4 is 34.9 Å². The number of imidazole rings is 2. The summed E-state index contributed by atoms with van der Waals surface area (Å²) in [5.41, 5.74) is 1.22. The van der Waals surface area contributed by atoms with Crippen LogP contribution in [0, 0.1) is 12.8 Å². The quantitative estimate of drug-likeness (QED) is 0.216. The molecule has 2 aliphatic rings. The van der Waals surface area contributed by atoms with Crippen molar-refractivity contribution in [2.75, 3.05) is 26.2 Å². The maximum atomic E-state index is 11.4. The Bertz CT molecular complexity index is 1380. The van der Waals surface area contributed by atoms with Crippen LogP contribution in [0.3, 0.4) is 0 Å². The first kappa shape index (κ1) is 36.3. The fourth-order valence-corrected chi connectivity index (χ4v) is 6.04. The van der Waals surface area contributed by atoms with Gasteiger partial charge in [-0.25, -0.2) is 29.5 Å². The van der Waals surface area contributed by atoms with Gasteiger partial charge in [-0.05, 0) is 67.2 Å². The zero-order chi connectivity index (χ0) is 33.7. The monoisotopic (exact) mass is 668 g/mol. The number of terminal acetylenes is 1. The third kappa shape index (κ3) is 11.6. The fourth-order valence-electron chi connectivity index (χ4n) is 4.23. The number of likely N-dealkylation sites (tertiary alicyclic amines) is 2. The summed E-state index contributed by atoms with van der Waals surface area (Å²) in [6, 6.07) is 0. The molecule has 4 aromatic heterocycles. The van der Waals surface area contributed by atoms with E-state index >= 15 is 0 Å². The van der Waals surface area contributed by atoms with E-state index in [1.807, 2.05) is 53.9 Å². The largest absolute Gasteiger partial charge is 0.444 e. The molecule has 0 radical (unpaired) electrons. The van der Waals surface area contributed by atoms with Crippen LogP contribution in [0.5, 0.6) is 0 Å². The van der Waals surface area contributed by atoms with Crippen LogP contribution >= 0.6 is 22.7 Å². The van der Waals surface area contributed by atoms with Gasteiger partial charge in [0.2, 0.25) is 0 Å². The highest BCUT2D eigenvalue weighted by Gasteiger charge is 2.25. The molecule has 14 heteroatoms. The molecular weight excluding hydrogens is 625 g/mol. The Morgan fingerprint density at radius 3 is 1.30 bits per heavy atom. The molecule has 6 heterocycles. The minimum absolute atomic E-state index is 0.167. The Hall–Kier alpha value is -4.22. The average molecular weight is 669 g/mol. The van der Waals surface area contributed by atoms with E-state index in [9.17, 15) is 9.59 Å². The highest BCUT2D eigenvalue weighted by Crippen LogP contribution is 2.35. The SMILES string of the molecule is C#C.CC(C)(C)OC(=O)N1CCCC1.CC(C)(C)OC(=O)N1CCCC1.c1ncc(-c2cnc(-c3ncc(-c4cnc[nH]4)s3)s2)[nH]1. The summed E-state index contributed by atoms with van der Waals surface area (Å²) in [4.78, 5) is 51.4. The molecule has 6 rings (SSSR count). The first-order valence-corrected chi connectivity index (χ1v) is 16.7.